The number of halogens is 1. The van der Waals surface area contributed by atoms with Gasteiger partial charge in [-0.1, -0.05) is 13.8 Å². The molecule has 154 valence electrons. The minimum atomic E-state index is -0.622. The molecule has 1 aliphatic carbocycles. The minimum Gasteiger partial charge on any atom is -0.504 e. The Kier molecular flexibility index (Phi) is 7.47. The number of benzene rings is 2. The van der Waals surface area contributed by atoms with E-state index < -0.39 is 10.7 Å². The van der Waals surface area contributed by atoms with Crippen LogP contribution in [0.5, 0.6) is 11.5 Å². The van der Waals surface area contributed by atoms with Crippen LogP contribution in [0.4, 0.5) is 10.1 Å². The summed E-state index contributed by atoms with van der Waals surface area (Å²) in [6.45, 7) is 5.55. The SMILES string of the molecule is CC.COc1cc2c(C3CC3)ccnc2cc1O.Cc1ccc([N+](=O)[O-])cc1F. The molecule has 7 heteroatoms. The van der Waals surface area contributed by atoms with Gasteiger partial charge in [0.25, 0.3) is 5.69 Å². The van der Waals surface area contributed by atoms with Crippen LogP contribution in [0.2, 0.25) is 0 Å². The van der Waals surface area contributed by atoms with Crippen molar-refractivity contribution >= 4 is 16.6 Å². The predicted molar refractivity (Wildman–Crippen MR) is 111 cm³/mol. The number of phenolic OH excluding ortho intramolecular Hbond substituents is 1. The number of aromatic hydroxyl groups is 1. The molecule has 3 aromatic rings. The maximum Gasteiger partial charge on any atom is 0.272 e. The second-order valence-electron chi connectivity index (χ2n) is 6.41. The molecule has 0 spiro atoms. The van der Waals surface area contributed by atoms with Crippen LogP contribution in [-0.4, -0.2) is 22.1 Å². The van der Waals surface area contributed by atoms with Crippen LogP contribution in [0.25, 0.3) is 10.9 Å². The van der Waals surface area contributed by atoms with Gasteiger partial charge in [-0.25, -0.2) is 4.39 Å². The third kappa shape index (κ3) is 5.40. The van der Waals surface area contributed by atoms with E-state index in [1.165, 1.54) is 30.5 Å². The fraction of sp³-hybridized carbons (Fsp3) is 0.318. The van der Waals surface area contributed by atoms with Crippen LogP contribution in [0.15, 0.2) is 42.6 Å². The van der Waals surface area contributed by atoms with Gasteiger partial charge in [0.1, 0.15) is 5.82 Å². The zero-order chi connectivity index (χ0) is 21.6. The summed E-state index contributed by atoms with van der Waals surface area (Å²) in [7, 11) is 1.56. The summed E-state index contributed by atoms with van der Waals surface area (Å²) >= 11 is 0. The molecule has 0 atom stereocenters. The predicted octanol–water partition coefficient (Wildman–Crippen LogP) is 5.89. The molecule has 1 aliphatic rings. The number of nitrogens with zero attached hydrogens (tertiary/aromatic N) is 2. The van der Waals surface area contributed by atoms with Crippen LogP contribution in [0.3, 0.4) is 0 Å². The quantitative estimate of drug-likeness (QED) is 0.437. The molecule has 0 unspecified atom stereocenters. The van der Waals surface area contributed by atoms with Gasteiger partial charge in [-0.15, -0.1) is 0 Å². The summed E-state index contributed by atoms with van der Waals surface area (Å²) in [6, 6.07) is 9.18. The van der Waals surface area contributed by atoms with Crippen LogP contribution in [0.1, 0.15) is 43.7 Å². The monoisotopic (exact) mass is 400 g/mol. The zero-order valence-corrected chi connectivity index (χ0v) is 17.0. The van der Waals surface area contributed by atoms with Crippen molar-refractivity contribution in [3.8, 4) is 11.5 Å². The summed E-state index contributed by atoms with van der Waals surface area (Å²) in [5, 5.41) is 20.9. The summed E-state index contributed by atoms with van der Waals surface area (Å²) < 4.78 is 17.8. The molecular weight excluding hydrogens is 375 g/mol. The van der Waals surface area contributed by atoms with Gasteiger partial charge in [-0.2, -0.15) is 0 Å². The number of rotatable bonds is 3. The van der Waals surface area contributed by atoms with Crippen LogP contribution < -0.4 is 4.74 Å². The number of nitro groups is 1. The Hall–Kier alpha value is -3.22. The van der Waals surface area contributed by atoms with E-state index >= 15 is 0 Å². The van der Waals surface area contributed by atoms with E-state index in [0.717, 1.165) is 17.0 Å². The maximum absolute atomic E-state index is 12.6. The average Bonchev–Trinajstić information content (AvgIpc) is 3.56. The van der Waals surface area contributed by atoms with Gasteiger partial charge in [0.05, 0.1) is 23.6 Å². The number of non-ortho nitro benzene ring substituents is 1. The number of hydrogen-bond acceptors (Lipinski definition) is 5. The Morgan fingerprint density at radius 3 is 2.45 bits per heavy atom. The highest BCUT2D eigenvalue weighted by Gasteiger charge is 2.25. The van der Waals surface area contributed by atoms with Crippen LogP contribution in [-0.2, 0) is 0 Å². The van der Waals surface area contributed by atoms with Crippen molar-refractivity contribution in [3.63, 3.8) is 0 Å². The molecule has 0 aliphatic heterocycles. The number of nitro benzene ring substituents is 1. The molecule has 1 saturated carbocycles. The molecule has 0 bridgehead atoms. The van der Waals surface area contributed by atoms with Gasteiger partial charge >= 0.3 is 0 Å². The summed E-state index contributed by atoms with van der Waals surface area (Å²) in [5.74, 6) is 0.789. The third-order valence-electron chi connectivity index (χ3n) is 4.46. The van der Waals surface area contributed by atoms with E-state index in [-0.39, 0.29) is 11.4 Å². The first kappa shape index (κ1) is 22.1. The maximum atomic E-state index is 12.6. The highest BCUT2D eigenvalue weighted by atomic mass is 19.1. The Morgan fingerprint density at radius 2 is 1.90 bits per heavy atom. The van der Waals surface area contributed by atoms with E-state index in [1.54, 1.807) is 20.1 Å². The van der Waals surface area contributed by atoms with Crippen molar-refractivity contribution in [3.05, 3.63) is 69.7 Å². The molecule has 1 heterocycles. The van der Waals surface area contributed by atoms with Crippen molar-refractivity contribution in [1.29, 1.82) is 0 Å². The Balaban J connectivity index is 0.000000203. The first-order chi connectivity index (χ1) is 13.9. The van der Waals surface area contributed by atoms with Gasteiger partial charge in [0.2, 0.25) is 0 Å². The first-order valence-corrected chi connectivity index (χ1v) is 9.47. The van der Waals surface area contributed by atoms with E-state index in [0.29, 0.717) is 17.2 Å². The number of aromatic nitrogens is 1. The van der Waals surface area contributed by atoms with E-state index in [9.17, 15) is 19.6 Å². The van der Waals surface area contributed by atoms with Gasteiger partial charge in [-0.05, 0) is 55.0 Å². The number of hydrogen-bond donors (Lipinski definition) is 1. The average molecular weight is 400 g/mol. The molecule has 1 fully saturated rings. The summed E-state index contributed by atoms with van der Waals surface area (Å²) in [6.07, 6.45) is 4.31. The van der Waals surface area contributed by atoms with Crippen molar-refractivity contribution in [2.24, 2.45) is 0 Å². The van der Waals surface area contributed by atoms with Gasteiger partial charge < -0.3 is 9.84 Å². The number of aryl methyl sites for hydroxylation is 1. The van der Waals surface area contributed by atoms with Gasteiger partial charge in [0.15, 0.2) is 11.5 Å². The zero-order valence-electron chi connectivity index (χ0n) is 17.0. The molecule has 1 N–H and O–H groups in total. The normalized spacial score (nSPS) is 12.3. The van der Waals surface area contributed by atoms with Gasteiger partial charge in [-0.3, -0.25) is 15.1 Å². The molecule has 1 aromatic heterocycles. The van der Waals surface area contributed by atoms with Crippen molar-refractivity contribution in [2.45, 2.75) is 39.5 Å². The molecule has 0 amide bonds. The molecule has 0 saturated heterocycles. The first-order valence-electron chi connectivity index (χ1n) is 9.47. The topological polar surface area (TPSA) is 85.5 Å². The minimum absolute atomic E-state index is 0.149. The standard InChI is InChI=1S/C13H13NO2.C7H6FNO2.C2H6/c1-16-13-6-10-9(8-2-3-8)4-5-14-11(10)7-12(13)15;1-5-2-3-6(9(10)11)4-7(5)8;1-2/h4-8,15H,2-3H2,1H3;2-4H,1H3;1-2H3. The van der Waals surface area contributed by atoms with Crippen molar-refractivity contribution in [1.82, 2.24) is 4.98 Å². The smallest absolute Gasteiger partial charge is 0.272 e. The van der Waals surface area contributed by atoms with Gasteiger partial charge in [0, 0.05) is 23.7 Å². The lowest BCUT2D eigenvalue weighted by molar-refractivity contribution is -0.385. The second kappa shape index (κ2) is 9.82. The fourth-order valence-corrected chi connectivity index (χ4v) is 2.79. The molecule has 29 heavy (non-hydrogen) atoms. The highest BCUT2D eigenvalue weighted by molar-refractivity contribution is 5.86. The summed E-state index contributed by atoms with van der Waals surface area (Å²) in [4.78, 5) is 13.8. The lowest BCUT2D eigenvalue weighted by Crippen LogP contribution is -1.89. The number of pyridine rings is 1. The molecular formula is C22H25FN2O4. The van der Waals surface area contributed by atoms with Crippen molar-refractivity contribution < 1.29 is 19.2 Å². The lowest BCUT2D eigenvalue weighted by Gasteiger charge is -2.08. The highest BCUT2D eigenvalue weighted by Crippen LogP contribution is 2.44. The lowest BCUT2D eigenvalue weighted by atomic mass is 10.0. The Bertz CT molecular complexity index is 1000. The number of ether oxygens (including phenoxy) is 1. The second-order valence-corrected chi connectivity index (χ2v) is 6.41. The molecule has 2 aromatic carbocycles. The molecule has 4 rings (SSSR count). The summed E-state index contributed by atoms with van der Waals surface area (Å²) in [5.41, 5.74) is 2.36. The van der Waals surface area contributed by atoms with E-state index in [4.69, 9.17) is 4.74 Å². The number of fused-ring (bicyclic) bond motifs is 1. The molecule has 0 radical (unpaired) electrons. The number of methoxy groups -OCH3 is 1. The van der Waals surface area contributed by atoms with E-state index in [2.05, 4.69) is 11.1 Å². The van der Waals surface area contributed by atoms with E-state index in [1.807, 2.05) is 26.1 Å². The Labute approximate surface area is 169 Å². The van der Waals surface area contributed by atoms with Crippen LogP contribution >= 0.6 is 0 Å². The Morgan fingerprint density at radius 1 is 1.21 bits per heavy atom. The van der Waals surface area contributed by atoms with Crippen LogP contribution in [0, 0.1) is 22.9 Å². The largest absolute Gasteiger partial charge is 0.504 e. The third-order valence-corrected chi connectivity index (χ3v) is 4.46. The fourth-order valence-electron chi connectivity index (χ4n) is 2.79. The number of phenols is 1. The molecule has 6 nitrogen and oxygen atoms in total. The van der Waals surface area contributed by atoms with Crippen molar-refractivity contribution in [2.75, 3.05) is 7.11 Å².